The Hall–Kier alpha value is -2.80. The number of aryl methyl sites for hydroxylation is 1. The Labute approximate surface area is 211 Å². The van der Waals surface area contributed by atoms with Gasteiger partial charge in [0.25, 0.3) is 0 Å². The van der Waals surface area contributed by atoms with Gasteiger partial charge in [-0.1, -0.05) is 114 Å². The SMILES string of the molecule is C=C.CC.CC.CC(C)=C(C)c1ccccc1.Cc1ccc(-c2ccc(C(C)C(C)C)o2)cc1. The maximum absolute atomic E-state index is 5.93. The van der Waals surface area contributed by atoms with Crippen LogP contribution in [0.25, 0.3) is 16.9 Å². The number of hydrogen-bond donors (Lipinski definition) is 0. The second kappa shape index (κ2) is 19.6. The third-order valence-corrected chi connectivity index (χ3v) is 5.37. The van der Waals surface area contributed by atoms with Gasteiger partial charge in [-0.05, 0) is 56.9 Å². The van der Waals surface area contributed by atoms with Gasteiger partial charge in [-0.2, -0.15) is 0 Å². The molecule has 0 radical (unpaired) electrons. The molecule has 0 saturated heterocycles. The Balaban J connectivity index is 0. The van der Waals surface area contributed by atoms with Crippen LogP contribution in [0.1, 0.15) is 92.0 Å². The normalized spacial score (nSPS) is 10.0. The first-order chi connectivity index (χ1) is 16.3. The fraction of sp³-hybridized carbons (Fsp3) is 0.394. The van der Waals surface area contributed by atoms with Crippen LogP contribution in [0.15, 0.2) is 89.9 Å². The summed E-state index contributed by atoms with van der Waals surface area (Å²) in [6, 6.07) is 23.1. The molecule has 1 heteroatoms. The van der Waals surface area contributed by atoms with Gasteiger partial charge >= 0.3 is 0 Å². The molecular formula is C33H50O. The summed E-state index contributed by atoms with van der Waals surface area (Å²) in [6.07, 6.45) is 0. The van der Waals surface area contributed by atoms with Crippen molar-refractivity contribution in [3.05, 3.63) is 102 Å². The summed E-state index contributed by atoms with van der Waals surface area (Å²) in [5.74, 6) is 3.12. The number of rotatable bonds is 4. The molecule has 1 atom stereocenters. The van der Waals surface area contributed by atoms with Gasteiger partial charge in [-0.15, -0.1) is 13.2 Å². The van der Waals surface area contributed by atoms with Crippen molar-refractivity contribution in [1.82, 2.24) is 0 Å². The highest BCUT2D eigenvalue weighted by atomic mass is 16.3. The minimum atomic E-state index is 0.467. The lowest BCUT2D eigenvalue weighted by atomic mass is 9.96. The van der Waals surface area contributed by atoms with E-state index >= 15 is 0 Å². The van der Waals surface area contributed by atoms with Crippen LogP contribution in [0.4, 0.5) is 0 Å². The summed E-state index contributed by atoms with van der Waals surface area (Å²) in [5.41, 5.74) is 6.52. The van der Waals surface area contributed by atoms with Gasteiger partial charge < -0.3 is 4.42 Å². The van der Waals surface area contributed by atoms with Crippen molar-refractivity contribution in [3.63, 3.8) is 0 Å². The monoisotopic (exact) mass is 462 g/mol. The zero-order valence-corrected chi connectivity index (χ0v) is 23.8. The fourth-order valence-electron chi connectivity index (χ4n) is 2.78. The largest absolute Gasteiger partial charge is 0.461 e. The molecule has 0 aliphatic heterocycles. The molecule has 34 heavy (non-hydrogen) atoms. The number of hydrogen-bond acceptors (Lipinski definition) is 1. The maximum Gasteiger partial charge on any atom is 0.134 e. The van der Waals surface area contributed by atoms with E-state index in [1.807, 2.05) is 33.8 Å². The van der Waals surface area contributed by atoms with Crippen molar-refractivity contribution in [2.45, 2.75) is 82.1 Å². The first-order valence-corrected chi connectivity index (χ1v) is 12.7. The predicted molar refractivity (Wildman–Crippen MR) is 156 cm³/mol. The van der Waals surface area contributed by atoms with Crippen LogP contribution in [0, 0.1) is 12.8 Å². The molecule has 188 valence electrons. The molecule has 0 aliphatic carbocycles. The molecule has 3 rings (SSSR count). The highest BCUT2D eigenvalue weighted by molar-refractivity contribution is 5.65. The summed E-state index contributed by atoms with van der Waals surface area (Å²) >= 11 is 0. The number of furan rings is 1. The van der Waals surface area contributed by atoms with Crippen LogP contribution >= 0.6 is 0 Å². The average molecular weight is 463 g/mol. The van der Waals surface area contributed by atoms with Crippen molar-refractivity contribution < 1.29 is 4.42 Å². The van der Waals surface area contributed by atoms with Crippen LogP contribution in [-0.2, 0) is 0 Å². The standard InChI is InChI=1S/C16H20O.C11H14.2C2H6.C2H4/c1-11(2)13(4)15-9-10-16(17-15)14-7-5-12(3)6-8-14;1-9(2)10(3)11-7-5-4-6-8-11;3*1-2/h5-11,13H,1-4H3;4-8H,1-3H3;2*1-2H3;1-2H2. The van der Waals surface area contributed by atoms with Crippen LogP contribution in [0.5, 0.6) is 0 Å². The topological polar surface area (TPSA) is 13.1 Å². The first kappa shape index (κ1) is 33.4. The van der Waals surface area contributed by atoms with E-state index in [-0.39, 0.29) is 0 Å². The molecule has 3 aromatic rings. The Kier molecular flexibility index (Phi) is 19.3. The maximum atomic E-state index is 5.93. The van der Waals surface area contributed by atoms with E-state index in [1.165, 1.54) is 22.3 Å². The third-order valence-electron chi connectivity index (χ3n) is 5.37. The van der Waals surface area contributed by atoms with E-state index in [9.17, 15) is 0 Å². The number of allylic oxidation sites excluding steroid dienone is 2. The molecule has 0 amide bonds. The van der Waals surface area contributed by atoms with Crippen molar-refractivity contribution >= 4 is 5.57 Å². The van der Waals surface area contributed by atoms with Gasteiger partial charge in [-0.25, -0.2) is 0 Å². The quantitative estimate of drug-likeness (QED) is 0.351. The lowest BCUT2D eigenvalue weighted by Crippen LogP contribution is -1.99. The lowest BCUT2D eigenvalue weighted by Gasteiger charge is -2.11. The molecule has 0 spiro atoms. The van der Waals surface area contributed by atoms with Crippen molar-refractivity contribution in [3.8, 4) is 11.3 Å². The van der Waals surface area contributed by atoms with E-state index in [2.05, 4.69) is 122 Å². The minimum Gasteiger partial charge on any atom is -0.461 e. The molecule has 1 unspecified atom stereocenters. The van der Waals surface area contributed by atoms with E-state index in [0.29, 0.717) is 11.8 Å². The lowest BCUT2D eigenvalue weighted by molar-refractivity contribution is 0.421. The van der Waals surface area contributed by atoms with Gasteiger partial charge in [0.15, 0.2) is 0 Å². The van der Waals surface area contributed by atoms with Crippen molar-refractivity contribution in [1.29, 1.82) is 0 Å². The molecular weight excluding hydrogens is 412 g/mol. The first-order valence-electron chi connectivity index (χ1n) is 12.7. The Morgan fingerprint density at radius 3 is 1.65 bits per heavy atom. The van der Waals surface area contributed by atoms with Gasteiger partial charge in [0.05, 0.1) is 0 Å². The van der Waals surface area contributed by atoms with Crippen molar-refractivity contribution in [2.24, 2.45) is 5.92 Å². The third kappa shape index (κ3) is 11.9. The minimum absolute atomic E-state index is 0.467. The summed E-state index contributed by atoms with van der Waals surface area (Å²) in [6.45, 7) is 29.2. The fourth-order valence-corrected chi connectivity index (χ4v) is 2.78. The molecule has 0 bridgehead atoms. The molecule has 1 aromatic heterocycles. The smallest absolute Gasteiger partial charge is 0.134 e. The summed E-state index contributed by atoms with van der Waals surface area (Å²) in [5, 5.41) is 0. The molecule has 0 N–H and O–H groups in total. The molecule has 0 fully saturated rings. The van der Waals surface area contributed by atoms with Gasteiger partial charge in [0.1, 0.15) is 11.5 Å². The number of benzene rings is 2. The molecule has 1 nitrogen and oxygen atoms in total. The van der Waals surface area contributed by atoms with Crippen LogP contribution in [0.2, 0.25) is 0 Å². The van der Waals surface area contributed by atoms with Gasteiger partial charge in [0.2, 0.25) is 0 Å². The molecule has 1 heterocycles. The zero-order chi connectivity index (χ0) is 26.7. The van der Waals surface area contributed by atoms with E-state index in [0.717, 1.165) is 17.1 Å². The van der Waals surface area contributed by atoms with E-state index in [4.69, 9.17) is 4.42 Å². The predicted octanol–water partition coefficient (Wildman–Crippen LogP) is 11.4. The highest BCUT2D eigenvalue weighted by Gasteiger charge is 2.14. The van der Waals surface area contributed by atoms with Gasteiger partial charge in [-0.3, -0.25) is 0 Å². The molecule has 2 aromatic carbocycles. The summed E-state index contributed by atoms with van der Waals surface area (Å²) in [7, 11) is 0. The molecule has 0 saturated carbocycles. The zero-order valence-electron chi connectivity index (χ0n) is 23.8. The summed E-state index contributed by atoms with van der Waals surface area (Å²) in [4.78, 5) is 0. The van der Waals surface area contributed by atoms with Crippen molar-refractivity contribution in [2.75, 3.05) is 0 Å². The van der Waals surface area contributed by atoms with Crippen LogP contribution < -0.4 is 0 Å². The Morgan fingerprint density at radius 1 is 0.706 bits per heavy atom. The second-order valence-corrected chi connectivity index (χ2v) is 8.09. The average Bonchev–Trinajstić information content (AvgIpc) is 3.38. The second-order valence-electron chi connectivity index (χ2n) is 8.09. The van der Waals surface area contributed by atoms with E-state index < -0.39 is 0 Å². The molecule has 0 aliphatic rings. The van der Waals surface area contributed by atoms with Gasteiger partial charge in [0, 0.05) is 11.5 Å². The Bertz CT molecular complexity index is 891. The Morgan fingerprint density at radius 2 is 1.21 bits per heavy atom. The highest BCUT2D eigenvalue weighted by Crippen LogP contribution is 2.29. The van der Waals surface area contributed by atoms with Crippen LogP contribution in [-0.4, -0.2) is 0 Å². The van der Waals surface area contributed by atoms with E-state index in [1.54, 1.807) is 0 Å². The van der Waals surface area contributed by atoms with Crippen LogP contribution in [0.3, 0.4) is 0 Å². The summed E-state index contributed by atoms with van der Waals surface area (Å²) < 4.78 is 5.93.